The van der Waals surface area contributed by atoms with E-state index >= 15 is 0 Å². The molecule has 1 aromatic carbocycles. The highest BCUT2D eigenvalue weighted by Crippen LogP contribution is 2.22. The Kier molecular flexibility index (Phi) is 4.42. The summed E-state index contributed by atoms with van der Waals surface area (Å²) in [5.41, 5.74) is 1.79. The molecule has 1 aromatic heterocycles. The molecule has 0 atom stereocenters. The van der Waals surface area contributed by atoms with Crippen molar-refractivity contribution >= 4 is 11.6 Å². The predicted octanol–water partition coefficient (Wildman–Crippen LogP) is 3.41. The van der Waals surface area contributed by atoms with Gasteiger partial charge in [0.2, 0.25) is 5.88 Å². The van der Waals surface area contributed by atoms with Crippen molar-refractivity contribution in [2.45, 2.75) is 12.5 Å². The number of aromatic nitrogens is 1. The van der Waals surface area contributed by atoms with Crippen LogP contribution in [0.3, 0.4) is 0 Å². The smallest absolute Gasteiger partial charge is 0.213 e. The van der Waals surface area contributed by atoms with Crippen molar-refractivity contribution in [2.24, 2.45) is 0 Å². The van der Waals surface area contributed by atoms with Gasteiger partial charge in [0.05, 0.1) is 13.0 Å². The number of ether oxygens (including phenoxy) is 2. The zero-order valence-corrected chi connectivity index (χ0v) is 10.9. The van der Waals surface area contributed by atoms with Crippen LogP contribution in [-0.4, -0.2) is 12.1 Å². The summed E-state index contributed by atoms with van der Waals surface area (Å²) in [6, 6.07) is 13.5. The van der Waals surface area contributed by atoms with Gasteiger partial charge in [0.1, 0.15) is 18.1 Å². The number of halogens is 1. The molecule has 1 heterocycles. The molecule has 0 saturated carbocycles. The number of hydrogen-bond donors (Lipinski definition) is 0. The van der Waals surface area contributed by atoms with Crippen molar-refractivity contribution in [2.75, 3.05) is 7.11 Å². The van der Waals surface area contributed by atoms with Gasteiger partial charge >= 0.3 is 0 Å². The van der Waals surface area contributed by atoms with E-state index in [1.54, 1.807) is 13.2 Å². The van der Waals surface area contributed by atoms with E-state index in [-0.39, 0.29) is 0 Å². The number of nitrogens with zero attached hydrogens (tertiary/aromatic N) is 1. The van der Waals surface area contributed by atoms with E-state index in [1.807, 2.05) is 36.4 Å². The molecule has 0 aliphatic heterocycles. The summed E-state index contributed by atoms with van der Waals surface area (Å²) in [6.45, 7) is 0.499. The van der Waals surface area contributed by atoms with Gasteiger partial charge in [0.15, 0.2) is 0 Å². The van der Waals surface area contributed by atoms with Crippen molar-refractivity contribution in [3.8, 4) is 11.6 Å². The Morgan fingerprint density at radius 1 is 1.11 bits per heavy atom. The SMILES string of the molecule is COc1ccc(OCc2ccccc2)c(CCl)n1. The van der Waals surface area contributed by atoms with E-state index in [1.165, 1.54) is 0 Å². The Labute approximate surface area is 111 Å². The van der Waals surface area contributed by atoms with Crippen LogP contribution in [0.1, 0.15) is 11.3 Å². The van der Waals surface area contributed by atoms with Gasteiger partial charge in [-0.1, -0.05) is 30.3 Å². The normalized spacial score (nSPS) is 10.1. The Bertz CT molecular complexity index is 502. The topological polar surface area (TPSA) is 31.4 Å². The largest absolute Gasteiger partial charge is 0.487 e. The zero-order chi connectivity index (χ0) is 12.8. The standard InChI is InChI=1S/C14H14ClNO2/c1-17-14-8-7-13(12(9-15)16-14)18-10-11-5-3-2-4-6-11/h2-8H,9-10H2,1H3. The molecule has 0 aliphatic carbocycles. The second-order valence-electron chi connectivity index (χ2n) is 3.71. The lowest BCUT2D eigenvalue weighted by Crippen LogP contribution is -2.00. The van der Waals surface area contributed by atoms with E-state index in [2.05, 4.69) is 4.98 Å². The fourth-order valence-corrected chi connectivity index (χ4v) is 1.74. The summed E-state index contributed by atoms with van der Waals surface area (Å²) in [5.74, 6) is 1.52. The summed E-state index contributed by atoms with van der Waals surface area (Å²) in [5, 5.41) is 0. The average molecular weight is 264 g/mol. The van der Waals surface area contributed by atoms with Crippen molar-refractivity contribution in [3.63, 3.8) is 0 Å². The number of benzene rings is 1. The second-order valence-corrected chi connectivity index (χ2v) is 3.97. The van der Waals surface area contributed by atoms with E-state index in [4.69, 9.17) is 21.1 Å². The third-order valence-electron chi connectivity index (χ3n) is 2.48. The van der Waals surface area contributed by atoms with Gasteiger partial charge in [0.25, 0.3) is 0 Å². The lowest BCUT2D eigenvalue weighted by molar-refractivity contribution is 0.300. The maximum absolute atomic E-state index is 5.84. The maximum atomic E-state index is 5.84. The molecule has 0 radical (unpaired) electrons. The molecule has 0 unspecified atom stereocenters. The summed E-state index contributed by atoms with van der Waals surface area (Å²) < 4.78 is 10.8. The van der Waals surface area contributed by atoms with Crippen LogP contribution in [0, 0.1) is 0 Å². The third kappa shape index (κ3) is 3.14. The summed E-state index contributed by atoms with van der Waals surface area (Å²) in [6.07, 6.45) is 0. The van der Waals surface area contributed by atoms with Crippen molar-refractivity contribution in [1.29, 1.82) is 0 Å². The van der Waals surface area contributed by atoms with E-state index < -0.39 is 0 Å². The number of rotatable bonds is 5. The van der Waals surface area contributed by atoms with E-state index in [0.29, 0.717) is 29.8 Å². The fourth-order valence-electron chi connectivity index (χ4n) is 1.54. The number of pyridine rings is 1. The first-order chi connectivity index (χ1) is 8.83. The molecule has 18 heavy (non-hydrogen) atoms. The quantitative estimate of drug-likeness (QED) is 0.775. The molecule has 0 fully saturated rings. The second kappa shape index (κ2) is 6.26. The first-order valence-corrected chi connectivity index (χ1v) is 6.13. The van der Waals surface area contributed by atoms with Crippen molar-refractivity contribution in [3.05, 3.63) is 53.7 Å². The van der Waals surface area contributed by atoms with Gasteiger partial charge in [-0.05, 0) is 11.6 Å². The molecular formula is C14H14ClNO2. The minimum atomic E-state index is 0.293. The minimum absolute atomic E-state index is 0.293. The molecule has 94 valence electrons. The zero-order valence-electron chi connectivity index (χ0n) is 10.1. The lowest BCUT2D eigenvalue weighted by atomic mass is 10.2. The highest BCUT2D eigenvalue weighted by molar-refractivity contribution is 6.17. The van der Waals surface area contributed by atoms with Crippen molar-refractivity contribution in [1.82, 2.24) is 4.98 Å². The third-order valence-corrected chi connectivity index (χ3v) is 2.73. The van der Waals surface area contributed by atoms with Gasteiger partial charge in [-0.15, -0.1) is 11.6 Å². The van der Waals surface area contributed by atoms with Crippen LogP contribution in [0.5, 0.6) is 11.6 Å². The lowest BCUT2D eigenvalue weighted by Gasteiger charge is -2.10. The molecule has 2 rings (SSSR count). The first kappa shape index (κ1) is 12.7. The van der Waals surface area contributed by atoms with Gasteiger partial charge in [-0.3, -0.25) is 0 Å². The van der Waals surface area contributed by atoms with Crippen LogP contribution in [-0.2, 0) is 12.5 Å². The summed E-state index contributed by atoms with van der Waals surface area (Å²) >= 11 is 5.84. The number of methoxy groups -OCH3 is 1. The minimum Gasteiger partial charge on any atom is -0.487 e. The van der Waals surface area contributed by atoms with Crippen LogP contribution in [0.4, 0.5) is 0 Å². The van der Waals surface area contributed by atoms with Gasteiger partial charge < -0.3 is 9.47 Å². The van der Waals surface area contributed by atoms with E-state index in [9.17, 15) is 0 Å². The first-order valence-electron chi connectivity index (χ1n) is 5.60. The Hall–Kier alpha value is -1.74. The van der Waals surface area contributed by atoms with Crippen LogP contribution < -0.4 is 9.47 Å². The maximum Gasteiger partial charge on any atom is 0.213 e. The molecular weight excluding hydrogens is 250 g/mol. The monoisotopic (exact) mass is 263 g/mol. The van der Waals surface area contributed by atoms with Crippen LogP contribution >= 0.6 is 11.6 Å². The molecule has 3 nitrogen and oxygen atoms in total. The Balaban J connectivity index is 2.09. The van der Waals surface area contributed by atoms with E-state index in [0.717, 1.165) is 5.56 Å². The fraction of sp³-hybridized carbons (Fsp3) is 0.214. The highest BCUT2D eigenvalue weighted by atomic mass is 35.5. The molecule has 0 spiro atoms. The molecule has 0 N–H and O–H groups in total. The van der Waals surface area contributed by atoms with Crippen molar-refractivity contribution < 1.29 is 9.47 Å². The molecule has 0 bridgehead atoms. The Morgan fingerprint density at radius 3 is 2.56 bits per heavy atom. The van der Waals surface area contributed by atoms with Gasteiger partial charge in [-0.2, -0.15) is 0 Å². The van der Waals surface area contributed by atoms with Crippen LogP contribution in [0.15, 0.2) is 42.5 Å². The molecule has 0 amide bonds. The van der Waals surface area contributed by atoms with Crippen LogP contribution in [0.25, 0.3) is 0 Å². The molecule has 4 heteroatoms. The molecule has 0 aliphatic rings. The average Bonchev–Trinajstić information content (AvgIpc) is 2.46. The molecule has 0 saturated heterocycles. The van der Waals surface area contributed by atoms with Crippen LogP contribution in [0.2, 0.25) is 0 Å². The number of hydrogen-bond acceptors (Lipinski definition) is 3. The van der Waals surface area contributed by atoms with Gasteiger partial charge in [-0.25, -0.2) is 4.98 Å². The predicted molar refractivity (Wildman–Crippen MR) is 71.1 cm³/mol. The Morgan fingerprint density at radius 2 is 1.89 bits per heavy atom. The highest BCUT2D eigenvalue weighted by Gasteiger charge is 2.06. The summed E-state index contributed by atoms with van der Waals surface area (Å²) in [4.78, 5) is 4.24. The van der Waals surface area contributed by atoms with Gasteiger partial charge in [0, 0.05) is 6.07 Å². The number of alkyl halides is 1. The summed E-state index contributed by atoms with van der Waals surface area (Å²) in [7, 11) is 1.57. The molecule has 2 aromatic rings.